The molecule has 3 atom stereocenters. The Bertz CT molecular complexity index is 737. The Kier molecular flexibility index (Phi) is 5.79. The molecule has 3 aliphatic rings. The van der Waals surface area contributed by atoms with Gasteiger partial charge in [-0.15, -0.1) is 0 Å². The Morgan fingerprint density at radius 3 is 2.54 bits per heavy atom. The number of amides is 2. The highest BCUT2D eigenvalue weighted by atomic mass is 19.1. The summed E-state index contributed by atoms with van der Waals surface area (Å²) in [5.41, 5.74) is 0.864. The lowest BCUT2D eigenvalue weighted by molar-refractivity contribution is -0.124. The molecule has 2 N–H and O–H groups in total. The van der Waals surface area contributed by atoms with Crippen LogP contribution in [0.15, 0.2) is 30.3 Å². The van der Waals surface area contributed by atoms with Crippen LogP contribution in [0.4, 0.5) is 4.39 Å². The molecule has 0 saturated heterocycles. The fraction of sp³-hybridized carbons (Fsp3) is 0.565. The SMILES string of the molecule is O=C(C/C=C/c1ccc(F)cc1)NCC(NC(=O)[C@@H]1C[C@H]1C1CCC1)C1CC1. The molecule has 0 aromatic heterocycles. The van der Waals surface area contributed by atoms with Crippen molar-refractivity contribution in [3.8, 4) is 0 Å². The first-order chi connectivity index (χ1) is 13.6. The number of rotatable bonds is 9. The number of hydrogen-bond acceptors (Lipinski definition) is 2. The molecule has 0 bridgehead atoms. The second kappa shape index (κ2) is 8.46. The normalized spacial score (nSPS) is 25.2. The lowest BCUT2D eigenvalue weighted by Gasteiger charge is -2.26. The van der Waals surface area contributed by atoms with Gasteiger partial charge in [0.1, 0.15) is 5.82 Å². The van der Waals surface area contributed by atoms with Gasteiger partial charge in [0, 0.05) is 24.9 Å². The van der Waals surface area contributed by atoms with E-state index in [0.717, 1.165) is 30.7 Å². The van der Waals surface area contributed by atoms with Crippen LogP contribution in [0, 0.1) is 29.5 Å². The lowest BCUT2D eigenvalue weighted by atomic mass is 9.81. The summed E-state index contributed by atoms with van der Waals surface area (Å²) in [5, 5.41) is 6.16. The van der Waals surface area contributed by atoms with Gasteiger partial charge in [-0.05, 0) is 54.7 Å². The summed E-state index contributed by atoms with van der Waals surface area (Å²) < 4.78 is 12.9. The molecule has 28 heavy (non-hydrogen) atoms. The minimum atomic E-state index is -0.270. The van der Waals surface area contributed by atoms with Crippen molar-refractivity contribution >= 4 is 17.9 Å². The first kappa shape index (κ1) is 19.2. The third-order valence-electron chi connectivity index (χ3n) is 6.45. The van der Waals surface area contributed by atoms with Gasteiger partial charge in [-0.2, -0.15) is 0 Å². The van der Waals surface area contributed by atoms with Crippen LogP contribution in [0.3, 0.4) is 0 Å². The van der Waals surface area contributed by atoms with Crippen LogP contribution in [0.1, 0.15) is 50.5 Å². The third-order valence-corrected chi connectivity index (χ3v) is 6.45. The Morgan fingerprint density at radius 1 is 1.14 bits per heavy atom. The van der Waals surface area contributed by atoms with E-state index in [2.05, 4.69) is 10.6 Å². The Balaban J connectivity index is 1.19. The Hall–Kier alpha value is -2.17. The summed E-state index contributed by atoms with van der Waals surface area (Å²) in [4.78, 5) is 24.7. The second-order valence-corrected chi connectivity index (χ2v) is 8.61. The van der Waals surface area contributed by atoms with Crippen molar-refractivity contribution in [1.29, 1.82) is 0 Å². The van der Waals surface area contributed by atoms with Crippen LogP contribution < -0.4 is 10.6 Å². The average molecular weight is 384 g/mol. The molecule has 5 heteroatoms. The van der Waals surface area contributed by atoms with Crippen LogP contribution in [-0.2, 0) is 9.59 Å². The summed E-state index contributed by atoms with van der Waals surface area (Å²) in [6, 6.07) is 6.21. The molecule has 1 unspecified atom stereocenters. The molecule has 4 nitrogen and oxygen atoms in total. The molecule has 0 aliphatic heterocycles. The van der Waals surface area contributed by atoms with Crippen molar-refractivity contribution in [3.05, 3.63) is 41.7 Å². The van der Waals surface area contributed by atoms with E-state index in [1.54, 1.807) is 18.2 Å². The summed E-state index contributed by atoms with van der Waals surface area (Å²) >= 11 is 0. The highest BCUT2D eigenvalue weighted by molar-refractivity contribution is 5.82. The number of carbonyl (C=O) groups is 2. The maximum absolute atomic E-state index is 12.9. The number of hydrogen-bond donors (Lipinski definition) is 2. The maximum atomic E-state index is 12.9. The van der Waals surface area contributed by atoms with Gasteiger partial charge >= 0.3 is 0 Å². The molecule has 3 fully saturated rings. The van der Waals surface area contributed by atoms with Crippen LogP contribution in [-0.4, -0.2) is 24.4 Å². The lowest BCUT2D eigenvalue weighted by Crippen LogP contribution is -2.45. The molecule has 150 valence electrons. The minimum Gasteiger partial charge on any atom is -0.354 e. The van der Waals surface area contributed by atoms with Crippen molar-refractivity contribution in [2.75, 3.05) is 6.54 Å². The number of nitrogens with one attached hydrogen (secondary N) is 2. The zero-order chi connectivity index (χ0) is 19.5. The van der Waals surface area contributed by atoms with Gasteiger partial charge in [0.15, 0.2) is 0 Å². The van der Waals surface area contributed by atoms with E-state index in [1.807, 2.05) is 6.08 Å². The van der Waals surface area contributed by atoms with Crippen LogP contribution in [0.5, 0.6) is 0 Å². The third kappa shape index (κ3) is 5.00. The quantitative estimate of drug-likeness (QED) is 0.682. The van der Waals surface area contributed by atoms with E-state index in [9.17, 15) is 14.0 Å². The molecular weight excluding hydrogens is 355 g/mol. The standard InChI is InChI=1S/C23H29FN2O2/c24-18-11-7-15(8-12-18)3-1-6-22(27)25-14-21(17-9-10-17)26-23(28)20-13-19(20)16-4-2-5-16/h1,3,7-8,11-12,16-17,19-21H,2,4-6,9-10,13-14H2,(H,25,27)(H,26,28)/b3-1+/t19-,20+,21?/m0/s1. The van der Waals surface area contributed by atoms with Crippen molar-refractivity contribution in [2.24, 2.45) is 23.7 Å². The molecule has 3 aliphatic carbocycles. The molecule has 3 saturated carbocycles. The van der Waals surface area contributed by atoms with Gasteiger partial charge in [0.2, 0.25) is 11.8 Å². The zero-order valence-corrected chi connectivity index (χ0v) is 16.2. The second-order valence-electron chi connectivity index (χ2n) is 8.61. The number of halogens is 1. The molecule has 1 aromatic carbocycles. The number of carbonyl (C=O) groups excluding carboxylic acids is 2. The van der Waals surface area contributed by atoms with Crippen molar-refractivity contribution in [1.82, 2.24) is 10.6 Å². The fourth-order valence-corrected chi connectivity index (χ4v) is 4.20. The first-order valence-electron chi connectivity index (χ1n) is 10.6. The minimum absolute atomic E-state index is 0.0557. The maximum Gasteiger partial charge on any atom is 0.223 e. The van der Waals surface area contributed by atoms with E-state index in [4.69, 9.17) is 0 Å². The molecule has 0 spiro atoms. The number of benzene rings is 1. The van der Waals surface area contributed by atoms with Crippen LogP contribution in [0.2, 0.25) is 0 Å². The fourth-order valence-electron chi connectivity index (χ4n) is 4.20. The molecule has 1 aromatic rings. The van der Waals surface area contributed by atoms with E-state index >= 15 is 0 Å². The predicted molar refractivity (Wildman–Crippen MR) is 107 cm³/mol. The summed E-state index contributed by atoms with van der Waals surface area (Å²) in [6.45, 7) is 0.500. The van der Waals surface area contributed by atoms with Gasteiger partial charge < -0.3 is 10.6 Å². The summed E-state index contributed by atoms with van der Waals surface area (Å²) in [6.07, 6.45) is 11.1. The van der Waals surface area contributed by atoms with Crippen molar-refractivity contribution in [3.63, 3.8) is 0 Å². The van der Waals surface area contributed by atoms with Gasteiger partial charge in [-0.1, -0.05) is 43.5 Å². The van der Waals surface area contributed by atoms with Crippen LogP contribution >= 0.6 is 0 Å². The summed E-state index contributed by atoms with van der Waals surface area (Å²) in [5.74, 6) is 1.97. The van der Waals surface area contributed by atoms with Crippen molar-refractivity contribution in [2.45, 2.75) is 51.0 Å². The smallest absolute Gasteiger partial charge is 0.223 e. The molecule has 0 radical (unpaired) electrons. The Morgan fingerprint density at radius 2 is 1.89 bits per heavy atom. The monoisotopic (exact) mass is 384 g/mol. The molecule has 0 heterocycles. The van der Waals surface area contributed by atoms with E-state index in [-0.39, 0.29) is 36.0 Å². The van der Waals surface area contributed by atoms with E-state index < -0.39 is 0 Å². The Labute approximate surface area is 166 Å². The van der Waals surface area contributed by atoms with E-state index in [1.165, 1.54) is 31.4 Å². The largest absolute Gasteiger partial charge is 0.354 e. The molecular formula is C23H29FN2O2. The first-order valence-corrected chi connectivity index (χ1v) is 10.6. The molecule has 4 rings (SSSR count). The highest BCUT2D eigenvalue weighted by Crippen LogP contribution is 2.51. The zero-order valence-electron chi connectivity index (χ0n) is 16.2. The average Bonchev–Trinajstić information content (AvgIpc) is 3.52. The van der Waals surface area contributed by atoms with Gasteiger partial charge in [-0.25, -0.2) is 4.39 Å². The van der Waals surface area contributed by atoms with Crippen LogP contribution in [0.25, 0.3) is 6.08 Å². The topological polar surface area (TPSA) is 58.2 Å². The highest BCUT2D eigenvalue weighted by Gasteiger charge is 2.49. The van der Waals surface area contributed by atoms with Crippen molar-refractivity contribution < 1.29 is 14.0 Å². The van der Waals surface area contributed by atoms with E-state index in [0.29, 0.717) is 18.4 Å². The summed E-state index contributed by atoms with van der Waals surface area (Å²) in [7, 11) is 0. The van der Waals surface area contributed by atoms with Gasteiger partial charge in [-0.3, -0.25) is 9.59 Å². The van der Waals surface area contributed by atoms with Gasteiger partial charge in [0.25, 0.3) is 0 Å². The molecule has 2 amide bonds. The predicted octanol–water partition coefficient (Wildman–Crippen LogP) is 3.68. The van der Waals surface area contributed by atoms with Gasteiger partial charge in [0.05, 0.1) is 0 Å².